The predicted molar refractivity (Wildman–Crippen MR) is 62.8 cm³/mol. The lowest BCUT2D eigenvalue weighted by Crippen LogP contribution is -2.00. The van der Waals surface area contributed by atoms with E-state index in [9.17, 15) is 0 Å². The predicted octanol–water partition coefficient (Wildman–Crippen LogP) is 3.50. The Balaban J connectivity index is 2.56. The summed E-state index contributed by atoms with van der Waals surface area (Å²) >= 11 is 5.21. The molecule has 1 rings (SSSR count). The van der Waals surface area contributed by atoms with Crippen LogP contribution < -0.4 is 4.74 Å². The normalized spacial score (nSPS) is 10.1. The highest BCUT2D eigenvalue weighted by Crippen LogP contribution is 2.22. The van der Waals surface area contributed by atoms with Crippen LogP contribution >= 0.6 is 27.7 Å². The molecule has 0 aromatic heterocycles. The number of rotatable bonds is 4. The largest absolute Gasteiger partial charge is 0.492 e. The molecule has 1 aromatic carbocycles. The molecule has 0 spiro atoms. The molecule has 0 aliphatic carbocycles. The molecular weight excluding hydrogens is 248 g/mol. The van der Waals surface area contributed by atoms with Crippen molar-refractivity contribution in [1.29, 1.82) is 0 Å². The number of ether oxygens (including phenoxy) is 1. The molecule has 0 N–H and O–H groups in total. The summed E-state index contributed by atoms with van der Waals surface area (Å²) in [5.41, 5.74) is 1.18. The maximum absolute atomic E-state index is 5.59. The van der Waals surface area contributed by atoms with Gasteiger partial charge in [0.15, 0.2) is 0 Å². The Morgan fingerprint density at radius 3 is 2.85 bits per heavy atom. The van der Waals surface area contributed by atoms with Gasteiger partial charge < -0.3 is 4.74 Å². The van der Waals surface area contributed by atoms with E-state index in [2.05, 4.69) is 35.2 Å². The van der Waals surface area contributed by atoms with Crippen LogP contribution in [0.3, 0.4) is 0 Å². The van der Waals surface area contributed by atoms with Gasteiger partial charge in [0.25, 0.3) is 0 Å². The minimum absolute atomic E-state index is 0.781. The van der Waals surface area contributed by atoms with E-state index < -0.39 is 0 Å². The zero-order chi connectivity index (χ0) is 9.68. The van der Waals surface area contributed by atoms with Crippen molar-refractivity contribution < 1.29 is 4.74 Å². The Morgan fingerprint density at radius 2 is 2.23 bits per heavy atom. The first-order valence-corrected chi connectivity index (χ1v) is 6.30. The van der Waals surface area contributed by atoms with Crippen molar-refractivity contribution in [3.8, 4) is 5.75 Å². The van der Waals surface area contributed by atoms with Crippen molar-refractivity contribution in [3.05, 3.63) is 28.2 Å². The number of aryl methyl sites for hydroxylation is 1. The van der Waals surface area contributed by atoms with Gasteiger partial charge in [-0.3, -0.25) is 0 Å². The fourth-order valence-corrected chi connectivity index (χ4v) is 1.74. The molecule has 0 amide bonds. The fourth-order valence-electron chi connectivity index (χ4n) is 1.01. The summed E-state index contributed by atoms with van der Waals surface area (Å²) in [6.45, 7) is 2.84. The summed E-state index contributed by atoms with van der Waals surface area (Å²) in [5.74, 6) is 2.02. The first-order valence-electron chi connectivity index (χ1n) is 4.12. The van der Waals surface area contributed by atoms with E-state index in [1.54, 1.807) is 11.8 Å². The number of benzene rings is 1. The summed E-state index contributed by atoms with van der Waals surface area (Å²) in [5, 5.41) is 0. The number of hydrogen-bond acceptors (Lipinski definition) is 2. The van der Waals surface area contributed by atoms with Crippen molar-refractivity contribution in [3.63, 3.8) is 0 Å². The minimum atomic E-state index is 0.781. The van der Waals surface area contributed by atoms with E-state index >= 15 is 0 Å². The highest BCUT2D eigenvalue weighted by atomic mass is 79.9. The lowest BCUT2D eigenvalue weighted by Gasteiger charge is -2.08. The van der Waals surface area contributed by atoms with E-state index in [0.717, 1.165) is 22.6 Å². The summed E-state index contributed by atoms with van der Waals surface area (Å²) in [4.78, 5) is 0. The zero-order valence-electron chi connectivity index (χ0n) is 7.84. The molecule has 0 saturated carbocycles. The highest BCUT2D eigenvalue weighted by molar-refractivity contribution is 9.10. The van der Waals surface area contributed by atoms with Crippen molar-refractivity contribution in [1.82, 2.24) is 0 Å². The van der Waals surface area contributed by atoms with Crippen LogP contribution in [0, 0.1) is 6.92 Å². The van der Waals surface area contributed by atoms with E-state index in [1.165, 1.54) is 5.56 Å². The van der Waals surface area contributed by atoms with Crippen LogP contribution in [0.15, 0.2) is 22.7 Å². The van der Waals surface area contributed by atoms with Gasteiger partial charge >= 0.3 is 0 Å². The maximum Gasteiger partial charge on any atom is 0.122 e. The number of halogens is 1. The van der Waals surface area contributed by atoms with E-state index in [1.807, 2.05) is 12.1 Å². The van der Waals surface area contributed by atoms with Gasteiger partial charge in [0, 0.05) is 10.2 Å². The molecule has 3 heteroatoms. The minimum Gasteiger partial charge on any atom is -0.492 e. The van der Waals surface area contributed by atoms with Crippen LogP contribution in [-0.4, -0.2) is 18.6 Å². The quantitative estimate of drug-likeness (QED) is 0.767. The molecule has 0 aliphatic rings. The SMILES string of the molecule is CSCCOc1ccc(Br)cc1C. The third kappa shape index (κ3) is 3.61. The highest BCUT2D eigenvalue weighted by Gasteiger charge is 1.98. The molecule has 72 valence electrons. The molecule has 0 radical (unpaired) electrons. The van der Waals surface area contributed by atoms with Gasteiger partial charge in [-0.25, -0.2) is 0 Å². The first kappa shape index (κ1) is 10.9. The van der Waals surface area contributed by atoms with Crippen molar-refractivity contribution in [2.75, 3.05) is 18.6 Å². The van der Waals surface area contributed by atoms with Gasteiger partial charge in [-0.1, -0.05) is 15.9 Å². The standard InChI is InChI=1S/C10H13BrOS/c1-8-7-9(11)3-4-10(8)12-5-6-13-2/h3-4,7H,5-6H2,1-2H3. The van der Waals surface area contributed by atoms with Crippen LogP contribution in [0.4, 0.5) is 0 Å². The van der Waals surface area contributed by atoms with Crippen LogP contribution in [0.25, 0.3) is 0 Å². The Kier molecular flexibility index (Phi) is 4.67. The van der Waals surface area contributed by atoms with Gasteiger partial charge in [-0.2, -0.15) is 11.8 Å². The van der Waals surface area contributed by atoms with Crippen molar-refractivity contribution >= 4 is 27.7 Å². The van der Waals surface area contributed by atoms with E-state index in [4.69, 9.17) is 4.74 Å². The third-order valence-corrected chi connectivity index (χ3v) is 2.75. The van der Waals surface area contributed by atoms with Gasteiger partial charge in [0.1, 0.15) is 5.75 Å². The lowest BCUT2D eigenvalue weighted by molar-refractivity contribution is 0.341. The molecule has 13 heavy (non-hydrogen) atoms. The number of thioether (sulfide) groups is 1. The van der Waals surface area contributed by atoms with Crippen LogP contribution in [0.1, 0.15) is 5.56 Å². The Hall–Kier alpha value is -0.150. The molecule has 0 fully saturated rings. The zero-order valence-corrected chi connectivity index (χ0v) is 10.2. The Bertz CT molecular complexity index is 276. The van der Waals surface area contributed by atoms with E-state index in [-0.39, 0.29) is 0 Å². The molecule has 0 aliphatic heterocycles. The lowest BCUT2D eigenvalue weighted by atomic mass is 10.2. The molecule has 0 heterocycles. The molecular formula is C10H13BrOS. The monoisotopic (exact) mass is 260 g/mol. The smallest absolute Gasteiger partial charge is 0.122 e. The second kappa shape index (κ2) is 5.55. The van der Waals surface area contributed by atoms with Gasteiger partial charge in [-0.05, 0) is 36.9 Å². The van der Waals surface area contributed by atoms with Crippen LogP contribution in [-0.2, 0) is 0 Å². The summed E-state index contributed by atoms with van der Waals surface area (Å²) in [6, 6.07) is 6.07. The second-order valence-electron chi connectivity index (χ2n) is 2.75. The summed E-state index contributed by atoms with van der Waals surface area (Å²) in [7, 11) is 0. The van der Waals surface area contributed by atoms with Crippen molar-refractivity contribution in [2.24, 2.45) is 0 Å². The first-order chi connectivity index (χ1) is 6.24. The molecule has 1 nitrogen and oxygen atoms in total. The van der Waals surface area contributed by atoms with Crippen LogP contribution in [0.2, 0.25) is 0 Å². The second-order valence-corrected chi connectivity index (χ2v) is 4.65. The average molecular weight is 261 g/mol. The summed E-state index contributed by atoms with van der Waals surface area (Å²) < 4.78 is 6.69. The van der Waals surface area contributed by atoms with E-state index in [0.29, 0.717) is 0 Å². The maximum atomic E-state index is 5.59. The third-order valence-electron chi connectivity index (χ3n) is 1.68. The van der Waals surface area contributed by atoms with Gasteiger partial charge in [-0.15, -0.1) is 0 Å². The fraction of sp³-hybridized carbons (Fsp3) is 0.400. The molecule has 0 bridgehead atoms. The van der Waals surface area contributed by atoms with Gasteiger partial charge in [0.05, 0.1) is 6.61 Å². The summed E-state index contributed by atoms with van der Waals surface area (Å²) in [6.07, 6.45) is 2.08. The Labute approximate surface area is 92.0 Å². The number of hydrogen-bond donors (Lipinski definition) is 0. The van der Waals surface area contributed by atoms with Crippen molar-refractivity contribution in [2.45, 2.75) is 6.92 Å². The topological polar surface area (TPSA) is 9.23 Å². The average Bonchev–Trinajstić information content (AvgIpc) is 2.09. The molecule has 0 unspecified atom stereocenters. The molecule has 1 aromatic rings. The van der Waals surface area contributed by atoms with Crippen LogP contribution in [0.5, 0.6) is 5.75 Å². The molecule has 0 atom stereocenters. The Morgan fingerprint density at radius 1 is 1.46 bits per heavy atom. The van der Waals surface area contributed by atoms with Gasteiger partial charge in [0.2, 0.25) is 0 Å². The molecule has 0 saturated heterocycles.